The van der Waals surface area contributed by atoms with Gasteiger partial charge in [0.25, 0.3) is 0 Å². The summed E-state index contributed by atoms with van der Waals surface area (Å²) in [4.78, 5) is 0. The van der Waals surface area contributed by atoms with Gasteiger partial charge in [-0.3, -0.25) is 4.18 Å². The first kappa shape index (κ1) is 17.6. The topological polar surface area (TPSA) is 78.8 Å². The molecule has 2 unspecified atom stereocenters. The number of rotatable bonds is 7. The normalized spacial score (nSPS) is 16.8. The van der Waals surface area contributed by atoms with Crippen LogP contribution in [-0.2, 0) is 29.2 Å². The molecule has 5 nitrogen and oxygen atoms in total. The standard InChI is InChI=1S/C6H14O5S2.Na/c1-2-4-10-6(7)3-5-11-13(8,9)12;/h6-7H,2-5H2,1H3,(H,8,9,12);/q;+1/p-1. The molecule has 0 fully saturated rings. The predicted molar refractivity (Wildman–Crippen MR) is 49.1 cm³/mol. The molecule has 0 spiro atoms. The van der Waals surface area contributed by atoms with E-state index in [1.165, 1.54) is 0 Å². The maximum Gasteiger partial charge on any atom is 1.00 e. The Balaban J connectivity index is 0. The first-order chi connectivity index (χ1) is 5.95. The molecule has 0 aliphatic carbocycles. The molecule has 0 bridgehead atoms. The van der Waals surface area contributed by atoms with Gasteiger partial charge in [0, 0.05) is 13.0 Å². The van der Waals surface area contributed by atoms with Gasteiger partial charge >= 0.3 is 29.6 Å². The Bertz CT molecular complexity index is 218. The van der Waals surface area contributed by atoms with E-state index in [1.807, 2.05) is 6.92 Å². The molecular formula is C6H13NaO5S2. The van der Waals surface area contributed by atoms with Gasteiger partial charge < -0.3 is 14.4 Å². The molecule has 14 heavy (non-hydrogen) atoms. The van der Waals surface area contributed by atoms with Gasteiger partial charge in [-0.15, -0.1) is 0 Å². The van der Waals surface area contributed by atoms with Crippen molar-refractivity contribution in [3.05, 3.63) is 0 Å². The first-order valence-corrected chi connectivity index (χ1v) is 6.19. The van der Waals surface area contributed by atoms with E-state index in [4.69, 9.17) is 9.84 Å². The molecule has 80 valence electrons. The first-order valence-electron chi connectivity index (χ1n) is 3.85. The molecule has 2 atom stereocenters. The maximum absolute atomic E-state index is 10.3. The smallest absolute Gasteiger partial charge is 0.748 e. The van der Waals surface area contributed by atoms with Gasteiger partial charge in [-0.1, -0.05) is 6.92 Å². The fourth-order valence-electron chi connectivity index (χ4n) is 0.588. The molecule has 0 saturated heterocycles. The van der Waals surface area contributed by atoms with E-state index >= 15 is 0 Å². The van der Waals surface area contributed by atoms with Crippen molar-refractivity contribution in [2.75, 3.05) is 13.2 Å². The summed E-state index contributed by atoms with van der Waals surface area (Å²) in [5.41, 5.74) is 0. The Morgan fingerprint density at radius 2 is 2.14 bits per heavy atom. The number of aliphatic hydroxyl groups is 1. The zero-order chi connectivity index (χ0) is 10.3. The van der Waals surface area contributed by atoms with Crippen molar-refractivity contribution in [1.29, 1.82) is 0 Å². The SMILES string of the molecule is CCCOC(O)CCOS(=O)([O-])=S.[Na+]. The van der Waals surface area contributed by atoms with Crippen LogP contribution in [0.15, 0.2) is 0 Å². The van der Waals surface area contributed by atoms with E-state index in [-0.39, 0.29) is 42.6 Å². The van der Waals surface area contributed by atoms with Crippen LogP contribution in [0.1, 0.15) is 19.8 Å². The third-order valence-electron chi connectivity index (χ3n) is 1.11. The van der Waals surface area contributed by atoms with Crippen molar-refractivity contribution in [3.63, 3.8) is 0 Å². The van der Waals surface area contributed by atoms with Crippen LogP contribution in [0.25, 0.3) is 0 Å². The van der Waals surface area contributed by atoms with Crippen LogP contribution in [-0.4, -0.2) is 33.4 Å². The average Bonchev–Trinajstić information content (AvgIpc) is 1.98. The van der Waals surface area contributed by atoms with E-state index in [0.29, 0.717) is 6.61 Å². The van der Waals surface area contributed by atoms with Crippen molar-refractivity contribution in [2.24, 2.45) is 0 Å². The Labute approximate surface area is 111 Å². The molecule has 0 aliphatic rings. The maximum atomic E-state index is 10.3. The zero-order valence-corrected chi connectivity index (χ0v) is 11.9. The van der Waals surface area contributed by atoms with Gasteiger partial charge in [0.15, 0.2) is 6.29 Å². The van der Waals surface area contributed by atoms with Crippen molar-refractivity contribution in [2.45, 2.75) is 26.1 Å². The van der Waals surface area contributed by atoms with Crippen LogP contribution in [0.4, 0.5) is 0 Å². The van der Waals surface area contributed by atoms with Gasteiger partial charge in [0.1, 0.15) is 0 Å². The van der Waals surface area contributed by atoms with E-state index in [2.05, 4.69) is 15.4 Å². The summed E-state index contributed by atoms with van der Waals surface area (Å²) in [6.45, 7) is 2.18. The third-order valence-corrected chi connectivity index (χ3v) is 1.85. The minimum Gasteiger partial charge on any atom is -0.748 e. The molecule has 0 amide bonds. The number of hydrogen-bond acceptors (Lipinski definition) is 6. The Hall–Kier alpha value is 1.21. The van der Waals surface area contributed by atoms with Gasteiger partial charge in [0.2, 0.25) is 0 Å². The second-order valence-electron chi connectivity index (χ2n) is 2.34. The number of aliphatic hydroxyl groups excluding tert-OH is 1. The summed E-state index contributed by atoms with van der Waals surface area (Å²) < 4.78 is 29.7. The third kappa shape index (κ3) is 13.2. The molecule has 0 aromatic rings. The van der Waals surface area contributed by atoms with Crippen LogP contribution >= 0.6 is 0 Å². The van der Waals surface area contributed by atoms with Crippen molar-refractivity contribution in [1.82, 2.24) is 0 Å². The van der Waals surface area contributed by atoms with Gasteiger partial charge in [-0.05, 0) is 17.6 Å². The Morgan fingerprint density at radius 3 is 2.57 bits per heavy atom. The van der Waals surface area contributed by atoms with Crippen molar-refractivity contribution < 1.29 is 52.3 Å². The molecule has 0 heterocycles. The Morgan fingerprint density at radius 1 is 1.57 bits per heavy atom. The van der Waals surface area contributed by atoms with Gasteiger partial charge in [-0.2, -0.15) is 0 Å². The van der Waals surface area contributed by atoms with Crippen LogP contribution in [0.3, 0.4) is 0 Å². The van der Waals surface area contributed by atoms with Crippen LogP contribution in [0.5, 0.6) is 0 Å². The van der Waals surface area contributed by atoms with E-state index in [0.717, 1.165) is 6.42 Å². The predicted octanol–water partition coefficient (Wildman–Crippen LogP) is -3.07. The second kappa shape index (κ2) is 9.44. The van der Waals surface area contributed by atoms with Gasteiger partial charge in [0.05, 0.1) is 15.7 Å². The molecule has 0 aromatic carbocycles. The molecular weight excluding hydrogens is 239 g/mol. The molecule has 0 aromatic heterocycles. The van der Waals surface area contributed by atoms with Crippen molar-refractivity contribution in [3.8, 4) is 0 Å². The summed E-state index contributed by atoms with van der Waals surface area (Å²) in [5, 5.41) is 9.05. The van der Waals surface area contributed by atoms with E-state index < -0.39 is 15.3 Å². The summed E-state index contributed by atoms with van der Waals surface area (Å²) in [7, 11) is -3.82. The molecule has 8 heteroatoms. The minimum atomic E-state index is -3.82. The fourth-order valence-corrected chi connectivity index (χ4v) is 1.09. The van der Waals surface area contributed by atoms with E-state index in [9.17, 15) is 8.76 Å². The molecule has 0 radical (unpaired) electrons. The summed E-state index contributed by atoms with van der Waals surface area (Å²) >= 11 is 3.95. The average molecular weight is 252 g/mol. The quantitative estimate of drug-likeness (QED) is 0.383. The second-order valence-corrected chi connectivity index (χ2v) is 4.62. The summed E-state index contributed by atoms with van der Waals surface area (Å²) in [6.07, 6.45) is -0.107. The Kier molecular flexibility index (Phi) is 11.9. The van der Waals surface area contributed by atoms with Crippen LogP contribution in [0, 0.1) is 0 Å². The van der Waals surface area contributed by atoms with E-state index in [1.54, 1.807) is 0 Å². The van der Waals surface area contributed by atoms with Crippen molar-refractivity contribution >= 4 is 20.2 Å². The number of hydrogen-bond donors (Lipinski definition) is 1. The fraction of sp³-hybridized carbons (Fsp3) is 1.00. The minimum absolute atomic E-state index is 0. The molecule has 0 saturated carbocycles. The monoisotopic (exact) mass is 252 g/mol. The molecule has 1 N–H and O–H groups in total. The van der Waals surface area contributed by atoms with Crippen LogP contribution < -0.4 is 29.6 Å². The largest absolute Gasteiger partial charge is 1.00 e. The molecule has 0 rings (SSSR count). The molecule has 0 aliphatic heterocycles. The zero-order valence-electron chi connectivity index (χ0n) is 8.30. The summed E-state index contributed by atoms with van der Waals surface area (Å²) in [6, 6.07) is 0. The van der Waals surface area contributed by atoms with Gasteiger partial charge in [-0.25, -0.2) is 4.21 Å². The number of ether oxygens (including phenoxy) is 1. The van der Waals surface area contributed by atoms with Crippen LogP contribution in [0.2, 0.25) is 0 Å². The summed E-state index contributed by atoms with van der Waals surface area (Å²) in [5.74, 6) is 0.